The van der Waals surface area contributed by atoms with Gasteiger partial charge >= 0.3 is 0 Å². The Kier molecular flexibility index (Phi) is 6.05. The van der Waals surface area contributed by atoms with Gasteiger partial charge in [-0.2, -0.15) is 11.8 Å². The maximum Gasteiger partial charge on any atom is 0.107 e. The van der Waals surface area contributed by atoms with E-state index in [0.29, 0.717) is 16.3 Å². The second-order valence-electron chi connectivity index (χ2n) is 5.06. The highest BCUT2D eigenvalue weighted by atomic mass is 32.2. The Morgan fingerprint density at radius 1 is 1.30 bits per heavy atom. The highest BCUT2D eigenvalue weighted by Crippen LogP contribution is 2.32. The molecule has 1 aliphatic rings. The second-order valence-corrected chi connectivity index (χ2v) is 7.42. The lowest BCUT2D eigenvalue weighted by atomic mass is 9.94. The highest BCUT2D eigenvalue weighted by molar-refractivity contribution is 7.99. The van der Waals surface area contributed by atoms with E-state index < -0.39 is 0 Å². The van der Waals surface area contributed by atoms with Crippen molar-refractivity contribution < 1.29 is 0 Å². The lowest BCUT2D eigenvalue weighted by Gasteiger charge is -2.32. The Morgan fingerprint density at radius 2 is 2.05 bits per heavy atom. The van der Waals surface area contributed by atoms with Crippen molar-refractivity contribution in [3.63, 3.8) is 0 Å². The van der Waals surface area contributed by atoms with Crippen LogP contribution in [0.4, 0.5) is 5.69 Å². The summed E-state index contributed by atoms with van der Waals surface area (Å²) in [4.78, 5) is 1.63. The summed E-state index contributed by atoms with van der Waals surface area (Å²) in [7, 11) is 0. The molecule has 0 saturated heterocycles. The summed E-state index contributed by atoms with van der Waals surface area (Å²) in [5.41, 5.74) is 8.03. The number of benzene rings is 1. The molecule has 2 nitrogen and oxygen atoms in total. The molecule has 1 aromatic carbocycles. The van der Waals surface area contributed by atoms with Crippen molar-refractivity contribution in [3.05, 3.63) is 23.8 Å². The first-order valence-corrected chi connectivity index (χ1v) is 9.85. The standard InChI is InChI=1S/C15H22N2S3/c1-19-12-8-4-3-6-10(12)17-11-7-5-9-13(20-2)14(11)15(16)18/h5,7,9-10,12,17H,3-4,6,8H2,1-2H3,(H2,16,18). The maximum atomic E-state index is 5.94. The van der Waals surface area contributed by atoms with E-state index in [-0.39, 0.29) is 0 Å². The molecule has 1 fully saturated rings. The molecular weight excluding hydrogens is 304 g/mol. The smallest absolute Gasteiger partial charge is 0.107 e. The second kappa shape index (κ2) is 7.57. The monoisotopic (exact) mass is 326 g/mol. The van der Waals surface area contributed by atoms with Gasteiger partial charge in [-0.3, -0.25) is 0 Å². The van der Waals surface area contributed by atoms with Gasteiger partial charge in [0.05, 0.1) is 0 Å². The third-order valence-electron chi connectivity index (χ3n) is 3.84. The summed E-state index contributed by atoms with van der Waals surface area (Å²) < 4.78 is 0. The Balaban J connectivity index is 2.26. The van der Waals surface area contributed by atoms with E-state index in [2.05, 4.69) is 36.0 Å². The summed E-state index contributed by atoms with van der Waals surface area (Å²) in [5, 5.41) is 4.39. The zero-order valence-electron chi connectivity index (χ0n) is 12.0. The fourth-order valence-electron chi connectivity index (χ4n) is 2.82. The third-order valence-corrected chi connectivity index (χ3v) is 5.99. The van der Waals surface area contributed by atoms with Crippen LogP contribution >= 0.6 is 35.7 Å². The van der Waals surface area contributed by atoms with Crippen molar-refractivity contribution >= 4 is 46.4 Å². The minimum Gasteiger partial charge on any atom is -0.389 e. The summed E-state index contributed by atoms with van der Waals surface area (Å²) in [6.07, 6.45) is 9.44. The van der Waals surface area contributed by atoms with E-state index in [1.54, 1.807) is 11.8 Å². The molecule has 0 bridgehead atoms. The average molecular weight is 327 g/mol. The Bertz CT molecular complexity index is 476. The molecule has 2 unspecified atom stereocenters. The Labute approximate surface area is 135 Å². The van der Waals surface area contributed by atoms with E-state index in [1.807, 2.05) is 11.8 Å². The normalized spacial score (nSPS) is 22.5. The van der Waals surface area contributed by atoms with Crippen LogP contribution in [-0.2, 0) is 0 Å². The zero-order chi connectivity index (χ0) is 14.5. The van der Waals surface area contributed by atoms with Gasteiger partial charge < -0.3 is 11.1 Å². The molecular formula is C15H22N2S3. The number of hydrogen-bond donors (Lipinski definition) is 2. The van der Waals surface area contributed by atoms with Crippen LogP contribution in [0, 0.1) is 0 Å². The number of rotatable bonds is 5. The van der Waals surface area contributed by atoms with E-state index in [0.717, 1.165) is 16.1 Å². The van der Waals surface area contributed by atoms with Crippen molar-refractivity contribution in [1.29, 1.82) is 0 Å². The number of nitrogens with one attached hydrogen (secondary N) is 1. The van der Waals surface area contributed by atoms with Gasteiger partial charge in [0.15, 0.2) is 0 Å². The summed E-state index contributed by atoms with van der Waals surface area (Å²) in [6.45, 7) is 0. The van der Waals surface area contributed by atoms with Crippen molar-refractivity contribution in [3.8, 4) is 0 Å². The van der Waals surface area contributed by atoms with E-state index in [1.165, 1.54) is 25.7 Å². The van der Waals surface area contributed by atoms with Gasteiger partial charge in [-0.05, 0) is 37.5 Å². The van der Waals surface area contributed by atoms with Gasteiger partial charge in [-0.1, -0.05) is 31.1 Å². The number of thiocarbonyl (C=S) groups is 1. The minimum absolute atomic E-state index is 0.481. The molecule has 110 valence electrons. The van der Waals surface area contributed by atoms with Crippen LogP contribution in [0.1, 0.15) is 31.2 Å². The molecule has 0 aliphatic heterocycles. The van der Waals surface area contributed by atoms with Crippen LogP contribution in [-0.4, -0.2) is 28.8 Å². The lowest BCUT2D eigenvalue weighted by Crippen LogP contribution is -2.35. The fraction of sp³-hybridized carbons (Fsp3) is 0.533. The van der Waals surface area contributed by atoms with E-state index >= 15 is 0 Å². The lowest BCUT2D eigenvalue weighted by molar-refractivity contribution is 0.475. The summed E-state index contributed by atoms with van der Waals surface area (Å²) in [6, 6.07) is 6.77. The summed E-state index contributed by atoms with van der Waals surface area (Å²) in [5.74, 6) is 0. The van der Waals surface area contributed by atoms with Gasteiger partial charge in [-0.15, -0.1) is 11.8 Å². The fourth-order valence-corrected chi connectivity index (χ4v) is 4.68. The molecule has 2 rings (SSSR count). The number of nitrogens with two attached hydrogens (primary N) is 1. The molecule has 5 heteroatoms. The van der Waals surface area contributed by atoms with Gasteiger partial charge in [0.1, 0.15) is 4.99 Å². The van der Waals surface area contributed by atoms with Gasteiger partial charge in [0.25, 0.3) is 0 Å². The molecule has 3 N–H and O–H groups in total. The number of thioether (sulfide) groups is 2. The predicted molar refractivity (Wildman–Crippen MR) is 97.3 cm³/mol. The Morgan fingerprint density at radius 3 is 2.70 bits per heavy atom. The first-order chi connectivity index (χ1) is 9.67. The van der Waals surface area contributed by atoms with Crippen molar-refractivity contribution in [2.45, 2.75) is 41.9 Å². The molecule has 0 aromatic heterocycles. The Hall–Kier alpha value is -0.390. The van der Waals surface area contributed by atoms with Crippen LogP contribution in [0.25, 0.3) is 0 Å². The van der Waals surface area contributed by atoms with Gasteiger partial charge in [0.2, 0.25) is 0 Å². The molecule has 1 aliphatic carbocycles. The molecule has 1 saturated carbocycles. The molecule has 0 spiro atoms. The van der Waals surface area contributed by atoms with Crippen molar-refractivity contribution in [1.82, 2.24) is 0 Å². The van der Waals surface area contributed by atoms with Gasteiger partial charge in [0, 0.05) is 27.4 Å². The first-order valence-electron chi connectivity index (χ1n) is 6.93. The van der Waals surface area contributed by atoms with Crippen LogP contribution in [0.2, 0.25) is 0 Å². The average Bonchev–Trinajstić information content (AvgIpc) is 2.47. The molecule has 20 heavy (non-hydrogen) atoms. The maximum absolute atomic E-state index is 5.94. The van der Waals surface area contributed by atoms with Crippen molar-refractivity contribution in [2.24, 2.45) is 5.73 Å². The van der Waals surface area contributed by atoms with Crippen LogP contribution in [0.15, 0.2) is 23.1 Å². The van der Waals surface area contributed by atoms with Crippen LogP contribution in [0.3, 0.4) is 0 Å². The molecule has 0 radical (unpaired) electrons. The van der Waals surface area contributed by atoms with E-state index in [4.69, 9.17) is 18.0 Å². The van der Waals surface area contributed by atoms with Crippen LogP contribution < -0.4 is 11.1 Å². The van der Waals surface area contributed by atoms with Gasteiger partial charge in [-0.25, -0.2) is 0 Å². The topological polar surface area (TPSA) is 38.0 Å². The highest BCUT2D eigenvalue weighted by Gasteiger charge is 2.25. The number of anilines is 1. The first kappa shape index (κ1) is 16.0. The quantitative estimate of drug-likeness (QED) is 0.629. The predicted octanol–water partition coefficient (Wildman–Crippen LogP) is 4.13. The molecule has 2 atom stereocenters. The van der Waals surface area contributed by atoms with E-state index in [9.17, 15) is 0 Å². The van der Waals surface area contributed by atoms with Crippen LogP contribution in [0.5, 0.6) is 0 Å². The minimum atomic E-state index is 0.481. The number of hydrogen-bond acceptors (Lipinski definition) is 4. The molecule has 0 heterocycles. The van der Waals surface area contributed by atoms with Crippen molar-refractivity contribution in [2.75, 3.05) is 17.8 Å². The third kappa shape index (κ3) is 3.62. The SMILES string of the molecule is CSc1cccc(NC2CCCCC2SC)c1C(N)=S. The molecule has 0 amide bonds. The zero-order valence-corrected chi connectivity index (χ0v) is 14.5. The molecule has 1 aromatic rings. The summed E-state index contributed by atoms with van der Waals surface area (Å²) >= 11 is 8.91. The largest absolute Gasteiger partial charge is 0.389 e.